The topological polar surface area (TPSA) is 78.5 Å². The Morgan fingerprint density at radius 2 is 2.05 bits per heavy atom. The van der Waals surface area contributed by atoms with Crippen LogP contribution in [0.4, 0.5) is 0 Å². The fraction of sp³-hybridized carbons (Fsp3) is 0.533. The van der Waals surface area contributed by atoms with Crippen LogP contribution in [-0.2, 0) is 9.59 Å². The highest BCUT2D eigenvalue weighted by Crippen LogP contribution is 2.17. The third kappa shape index (κ3) is 3.30. The van der Waals surface area contributed by atoms with Crippen molar-refractivity contribution in [3.8, 4) is 0 Å². The highest BCUT2D eigenvalue weighted by Gasteiger charge is 2.30. The largest absolute Gasteiger partial charge is 0.351 e. The Balaban J connectivity index is 1.46. The molecule has 2 fully saturated rings. The van der Waals surface area contributed by atoms with Gasteiger partial charge in [-0.1, -0.05) is 6.07 Å². The lowest BCUT2D eigenvalue weighted by atomic mass is 10.0. The molecule has 0 saturated carbocycles. The van der Waals surface area contributed by atoms with E-state index in [9.17, 15) is 14.4 Å². The number of hydrogen-bond donors (Lipinski definition) is 2. The van der Waals surface area contributed by atoms with Crippen molar-refractivity contribution in [2.24, 2.45) is 0 Å². The van der Waals surface area contributed by atoms with Crippen molar-refractivity contribution in [3.05, 3.63) is 22.4 Å². The van der Waals surface area contributed by atoms with Gasteiger partial charge in [0.05, 0.1) is 4.88 Å². The molecule has 6 nitrogen and oxygen atoms in total. The van der Waals surface area contributed by atoms with Crippen LogP contribution < -0.4 is 10.6 Å². The monoisotopic (exact) mass is 321 g/mol. The summed E-state index contributed by atoms with van der Waals surface area (Å²) in [5, 5.41) is 7.56. The Morgan fingerprint density at radius 3 is 2.64 bits per heavy atom. The van der Waals surface area contributed by atoms with E-state index in [1.165, 1.54) is 11.3 Å². The summed E-state index contributed by atoms with van der Waals surface area (Å²) in [5.74, 6) is -0.0896. The van der Waals surface area contributed by atoms with Crippen LogP contribution in [-0.4, -0.2) is 47.8 Å². The number of likely N-dealkylation sites (tertiary alicyclic amines) is 1. The zero-order valence-electron chi connectivity index (χ0n) is 12.2. The van der Waals surface area contributed by atoms with Crippen LogP contribution in [0, 0.1) is 0 Å². The zero-order valence-corrected chi connectivity index (χ0v) is 13.0. The second kappa shape index (κ2) is 6.48. The van der Waals surface area contributed by atoms with E-state index in [1.807, 2.05) is 22.4 Å². The first-order valence-corrected chi connectivity index (χ1v) is 8.44. The molecule has 7 heteroatoms. The van der Waals surface area contributed by atoms with Gasteiger partial charge in [0.1, 0.15) is 6.04 Å². The third-order valence-electron chi connectivity index (χ3n) is 4.17. The number of carbonyl (C=O) groups excluding carboxylic acids is 3. The van der Waals surface area contributed by atoms with E-state index in [2.05, 4.69) is 10.6 Å². The van der Waals surface area contributed by atoms with Gasteiger partial charge < -0.3 is 15.5 Å². The van der Waals surface area contributed by atoms with Gasteiger partial charge in [0, 0.05) is 25.6 Å². The molecule has 3 amide bonds. The average molecular weight is 321 g/mol. The average Bonchev–Trinajstić information content (AvgIpc) is 3.18. The Morgan fingerprint density at radius 1 is 1.27 bits per heavy atom. The summed E-state index contributed by atoms with van der Waals surface area (Å²) in [4.78, 5) is 38.0. The van der Waals surface area contributed by atoms with E-state index in [0.717, 1.165) is 17.7 Å². The zero-order chi connectivity index (χ0) is 15.5. The first-order chi connectivity index (χ1) is 10.6. The van der Waals surface area contributed by atoms with Crippen LogP contribution in [0.5, 0.6) is 0 Å². The number of amides is 3. The fourth-order valence-electron chi connectivity index (χ4n) is 2.90. The SMILES string of the molecule is O=C1CCC(C(=O)NC2CCN(C(=O)c3cccs3)CC2)N1. The van der Waals surface area contributed by atoms with E-state index in [-0.39, 0.29) is 23.8 Å². The van der Waals surface area contributed by atoms with Crippen LogP contribution in [0.25, 0.3) is 0 Å². The molecule has 118 valence electrons. The summed E-state index contributed by atoms with van der Waals surface area (Å²) in [6.45, 7) is 1.30. The maximum atomic E-state index is 12.2. The third-order valence-corrected chi connectivity index (χ3v) is 5.03. The van der Waals surface area contributed by atoms with Crippen molar-refractivity contribution in [3.63, 3.8) is 0 Å². The molecule has 0 aliphatic carbocycles. The maximum absolute atomic E-state index is 12.2. The number of hydrogen-bond acceptors (Lipinski definition) is 4. The van der Waals surface area contributed by atoms with Crippen molar-refractivity contribution >= 4 is 29.1 Å². The standard InChI is InChI=1S/C15H19N3O3S/c19-13-4-3-11(17-13)14(20)16-10-5-7-18(8-6-10)15(21)12-2-1-9-22-12/h1-2,9-11H,3-8H2,(H,16,20)(H,17,19). The summed E-state index contributed by atoms with van der Waals surface area (Å²) in [7, 11) is 0. The Kier molecular flexibility index (Phi) is 4.42. The number of piperidine rings is 1. The smallest absolute Gasteiger partial charge is 0.263 e. The van der Waals surface area contributed by atoms with Crippen LogP contribution in [0.2, 0.25) is 0 Å². The molecule has 22 heavy (non-hydrogen) atoms. The number of nitrogens with one attached hydrogen (secondary N) is 2. The van der Waals surface area contributed by atoms with Crippen molar-refractivity contribution in [2.45, 2.75) is 37.8 Å². The molecule has 3 rings (SSSR count). The number of carbonyl (C=O) groups is 3. The molecule has 0 aromatic carbocycles. The van der Waals surface area contributed by atoms with Gasteiger partial charge in [-0.15, -0.1) is 11.3 Å². The lowest BCUT2D eigenvalue weighted by Crippen LogP contribution is -2.50. The molecule has 0 bridgehead atoms. The van der Waals surface area contributed by atoms with E-state index in [0.29, 0.717) is 25.9 Å². The lowest BCUT2D eigenvalue weighted by Gasteiger charge is -2.32. The molecule has 0 spiro atoms. The molecule has 1 atom stereocenters. The molecule has 2 aliphatic heterocycles. The highest BCUT2D eigenvalue weighted by atomic mass is 32.1. The van der Waals surface area contributed by atoms with Gasteiger partial charge >= 0.3 is 0 Å². The Bertz CT molecular complexity index is 565. The predicted molar refractivity (Wildman–Crippen MR) is 82.6 cm³/mol. The van der Waals surface area contributed by atoms with Gasteiger partial charge in [-0.05, 0) is 30.7 Å². The summed E-state index contributed by atoms with van der Waals surface area (Å²) in [6, 6.07) is 3.40. The molecule has 0 radical (unpaired) electrons. The molecule has 3 heterocycles. The predicted octanol–water partition coefficient (Wildman–Crippen LogP) is 0.747. The molecule has 1 unspecified atom stereocenters. The molecule has 1 aromatic heterocycles. The van der Waals surface area contributed by atoms with Gasteiger partial charge in [0.2, 0.25) is 11.8 Å². The molecular weight excluding hydrogens is 302 g/mol. The molecule has 2 N–H and O–H groups in total. The second-order valence-corrected chi connectivity index (χ2v) is 6.66. The summed E-state index contributed by atoms with van der Waals surface area (Å²) < 4.78 is 0. The van der Waals surface area contributed by atoms with Gasteiger partial charge in [-0.2, -0.15) is 0 Å². The molecular formula is C15H19N3O3S. The van der Waals surface area contributed by atoms with Crippen molar-refractivity contribution < 1.29 is 14.4 Å². The Hall–Kier alpha value is -1.89. The molecule has 1 aromatic rings. The van der Waals surface area contributed by atoms with E-state index < -0.39 is 6.04 Å². The van der Waals surface area contributed by atoms with Crippen LogP contribution in [0.1, 0.15) is 35.4 Å². The fourth-order valence-corrected chi connectivity index (χ4v) is 3.59. The minimum absolute atomic E-state index is 0.0588. The molecule has 2 saturated heterocycles. The quantitative estimate of drug-likeness (QED) is 0.862. The minimum atomic E-state index is -0.390. The second-order valence-electron chi connectivity index (χ2n) is 5.71. The van der Waals surface area contributed by atoms with Gasteiger partial charge in [0.25, 0.3) is 5.91 Å². The summed E-state index contributed by atoms with van der Waals surface area (Å²) >= 11 is 1.45. The van der Waals surface area contributed by atoms with Gasteiger partial charge in [0.15, 0.2) is 0 Å². The summed E-state index contributed by atoms with van der Waals surface area (Å²) in [6.07, 6.45) is 2.50. The first-order valence-electron chi connectivity index (χ1n) is 7.56. The normalized spacial score (nSPS) is 22.5. The first kappa shape index (κ1) is 15.0. The van der Waals surface area contributed by atoms with Crippen LogP contribution in [0.3, 0.4) is 0 Å². The summed E-state index contributed by atoms with van der Waals surface area (Å²) in [5.41, 5.74) is 0. The number of thiophene rings is 1. The van der Waals surface area contributed by atoms with E-state index in [1.54, 1.807) is 0 Å². The van der Waals surface area contributed by atoms with Gasteiger partial charge in [-0.25, -0.2) is 0 Å². The lowest BCUT2D eigenvalue weighted by molar-refractivity contribution is -0.126. The van der Waals surface area contributed by atoms with Crippen molar-refractivity contribution in [1.29, 1.82) is 0 Å². The number of nitrogens with zero attached hydrogens (tertiary/aromatic N) is 1. The van der Waals surface area contributed by atoms with Crippen LogP contribution in [0.15, 0.2) is 17.5 Å². The van der Waals surface area contributed by atoms with Gasteiger partial charge in [-0.3, -0.25) is 14.4 Å². The van der Waals surface area contributed by atoms with Crippen LogP contribution >= 0.6 is 11.3 Å². The van der Waals surface area contributed by atoms with E-state index >= 15 is 0 Å². The van der Waals surface area contributed by atoms with Crippen molar-refractivity contribution in [1.82, 2.24) is 15.5 Å². The maximum Gasteiger partial charge on any atom is 0.263 e. The number of rotatable bonds is 3. The Labute approximate surface area is 132 Å². The molecule has 2 aliphatic rings. The van der Waals surface area contributed by atoms with E-state index in [4.69, 9.17) is 0 Å². The minimum Gasteiger partial charge on any atom is -0.351 e. The van der Waals surface area contributed by atoms with Crippen molar-refractivity contribution in [2.75, 3.05) is 13.1 Å². The highest BCUT2D eigenvalue weighted by molar-refractivity contribution is 7.12.